The zero-order chi connectivity index (χ0) is 21.4. The number of ether oxygens (including phenoxy) is 2. The van der Waals surface area contributed by atoms with Crippen LogP contribution in [0.2, 0.25) is 0 Å². The number of carbonyl (C=O) groups excluding carboxylic acids is 2. The second-order valence-electron chi connectivity index (χ2n) is 6.08. The quantitative estimate of drug-likeness (QED) is 0.168. The van der Waals surface area contributed by atoms with E-state index in [1.807, 2.05) is 30.3 Å². The van der Waals surface area contributed by atoms with Crippen molar-refractivity contribution in [2.24, 2.45) is 0 Å². The number of hydrogen-bond donors (Lipinski definition) is 0. The minimum Gasteiger partial charge on any atom is -0.463 e. The fraction of sp³-hybridized carbons (Fsp3) is 0.429. The van der Waals surface area contributed by atoms with Gasteiger partial charge in [-0.3, -0.25) is 4.57 Å². The molecule has 0 bridgehead atoms. The van der Waals surface area contributed by atoms with Crippen molar-refractivity contribution >= 4 is 19.5 Å². The molecule has 0 fully saturated rings. The van der Waals surface area contributed by atoms with E-state index in [1.165, 1.54) is 0 Å². The van der Waals surface area contributed by atoms with Crippen LogP contribution in [-0.2, 0) is 38.8 Å². The van der Waals surface area contributed by atoms with Gasteiger partial charge in [-0.25, -0.2) is 9.59 Å². The van der Waals surface area contributed by atoms with Gasteiger partial charge in [0.2, 0.25) is 0 Å². The lowest BCUT2D eigenvalue weighted by Gasteiger charge is -2.19. The fourth-order valence-corrected chi connectivity index (χ4v) is 3.94. The molecule has 7 nitrogen and oxygen atoms in total. The highest BCUT2D eigenvalue weighted by Gasteiger charge is 2.25. The summed E-state index contributed by atoms with van der Waals surface area (Å²) < 4.78 is 34.1. The summed E-state index contributed by atoms with van der Waals surface area (Å²) >= 11 is 0. The van der Waals surface area contributed by atoms with Crippen molar-refractivity contribution < 1.29 is 32.7 Å². The van der Waals surface area contributed by atoms with Crippen LogP contribution in [0.25, 0.3) is 0 Å². The number of carbonyl (C=O) groups is 2. The van der Waals surface area contributed by atoms with Gasteiger partial charge in [-0.2, -0.15) is 0 Å². The highest BCUT2D eigenvalue weighted by molar-refractivity contribution is 7.53. The van der Waals surface area contributed by atoms with Crippen LogP contribution >= 0.6 is 7.60 Å². The molecule has 0 saturated heterocycles. The topological polar surface area (TPSA) is 88.1 Å². The molecule has 1 rings (SSSR count). The summed E-state index contributed by atoms with van der Waals surface area (Å²) in [5.74, 6) is -0.939. The third-order valence-electron chi connectivity index (χ3n) is 3.69. The Morgan fingerprint density at radius 1 is 0.793 bits per heavy atom. The van der Waals surface area contributed by atoms with Crippen molar-refractivity contribution in [2.45, 2.75) is 31.8 Å². The van der Waals surface area contributed by atoms with Gasteiger partial charge in [0, 0.05) is 12.2 Å². The Labute approximate surface area is 172 Å². The maximum absolute atomic E-state index is 13.1. The molecule has 0 heterocycles. The third-order valence-corrected chi connectivity index (χ3v) is 5.60. The molecular formula is C21H29O7P. The molecule has 0 saturated carbocycles. The largest absolute Gasteiger partial charge is 0.463 e. The molecule has 8 heteroatoms. The molecule has 0 N–H and O–H groups in total. The van der Waals surface area contributed by atoms with Gasteiger partial charge in [0.15, 0.2) is 0 Å². The molecule has 0 aliphatic heterocycles. The molecule has 29 heavy (non-hydrogen) atoms. The lowest BCUT2D eigenvalue weighted by molar-refractivity contribution is -0.138. The van der Waals surface area contributed by atoms with Crippen LogP contribution in [0, 0.1) is 0 Å². The van der Waals surface area contributed by atoms with Crippen molar-refractivity contribution in [1.29, 1.82) is 0 Å². The Bertz CT molecular complexity index is 652. The molecule has 0 radical (unpaired) electrons. The summed E-state index contributed by atoms with van der Waals surface area (Å²) in [5.41, 5.74) is 0.857. The van der Waals surface area contributed by atoms with Crippen LogP contribution in [0.4, 0.5) is 0 Å². The predicted molar refractivity (Wildman–Crippen MR) is 110 cm³/mol. The van der Waals surface area contributed by atoms with E-state index in [9.17, 15) is 14.2 Å². The van der Waals surface area contributed by atoms with Gasteiger partial charge in [0.1, 0.15) is 0 Å². The molecule has 0 unspecified atom stereocenters. The van der Waals surface area contributed by atoms with Crippen molar-refractivity contribution in [3.63, 3.8) is 0 Å². The molecule has 0 aromatic heterocycles. The Kier molecular flexibility index (Phi) is 12.6. The Morgan fingerprint density at radius 2 is 1.24 bits per heavy atom. The first-order valence-electron chi connectivity index (χ1n) is 9.49. The Balaban J connectivity index is 2.42. The van der Waals surface area contributed by atoms with Crippen LogP contribution in [-0.4, -0.2) is 38.4 Å². The molecule has 0 atom stereocenters. The summed E-state index contributed by atoms with van der Waals surface area (Å²) in [7, 11) is -3.34. The van der Waals surface area contributed by atoms with Crippen LogP contribution in [0.1, 0.15) is 31.2 Å². The van der Waals surface area contributed by atoms with Gasteiger partial charge >= 0.3 is 19.5 Å². The lowest BCUT2D eigenvalue weighted by Crippen LogP contribution is -2.06. The fourth-order valence-electron chi connectivity index (χ4n) is 2.21. The van der Waals surface area contributed by atoms with E-state index < -0.39 is 19.5 Å². The maximum Gasteiger partial charge on any atom is 0.335 e. The summed E-state index contributed by atoms with van der Waals surface area (Å²) in [6.07, 6.45) is 4.70. The third kappa shape index (κ3) is 12.1. The molecule has 0 spiro atoms. The van der Waals surface area contributed by atoms with Crippen molar-refractivity contribution in [3.05, 3.63) is 61.2 Å². The standard InChI is InChI=1S/C21H29O7P/c1-3-20(22)25-14-8-10-16-27-29(24,18-19-12-6-5-7-13-19)28-17-11-9-15-26-21(23)4-2/h3-7,12-13H,1-2,8-11,14-18H2. The number of esters is 2. The van der Waals surface area contributed by atoms with Crippen LogP contribution in [0.5, 0.6) is 0 Å². The SMILES string of the molecule is C=CC(=O)OCCCCOP(=O)(Cc1ccccc1)OCCCCOC(=O)C=C. The average Bonchev–Trinajstić information content (AvgIpc) is 2.73. The second kappa shape index (κ2) is 14.7. The highest BCUT2D eigenvalue weighted by atomic mass is 31.2. The van der Waals surface area contributed by atoms with E-state index in [2.05, 4.69) is 13.2 Å². The Hall–Kier alpha value is -2.21. The van der Waals surface area contributed by atoms with Gasteiger partial charge < -0.3 is 18.5 Å². The average molecular weight is 424 g/mol. The number of unbranched alkanes of at least 4 members (excludes halogenated alkanes) is 2. The first-order chi connectivity index (χ1) is 14.0. The number of benzene rings is 1. The van der Waals surface area contributed by atoms with Crippen LogP contribution in [0.3, 0.4) is 0 Å². The van der Waals surface area contributed by atoms with E-state index in [4.69, 9.17) is 18.5 Å². The molecule has 0 aliphatic carbocycles. The minimum absolute atomic E-state index is 0.171. The normalized spacial score (nSPS) is 10.9. The first kappa shape index (κ1) is 24.8. The van der Waals surface area contributed by atoms with Crippen LogP contribution in [0.15, 0.2) is 55.6 Å². The number of rotatable bonds is 16. The molecular weight excluding hydrogens is 395 g/mol. The predicted octanol–water partition coefficient (Wildman–Crippen LogP) is 4.43. The zero-order valence-corrected chi connectivity index (χ0v) is 17.5. The van der Waals surface area contributed by atoms with Gasteiger partial charge in [0.25, 0.3) is 0 Å². The van der Waals surface area contributed by atoms with E-state index in [0.29, 0.717) is 25.7 Å². The zero-order valence-electron chi connectivity index (χ0n) is 16.6. The van der Waals surface area contributed by atoms with E-state index in [0.717, 1.165) is 17.7 Å². The van der Waals surface area contributed by atoms with Gasteiger partial charge in [-0.1, -0.05) is 43.5 Å². The monoisotopic (exact) mass is 424 g/mol. The molecule has 1 aromatic carbocycles. The molecule has 0 aliphatic rings. The summed E-state index contributed by atoms with van der Waals surface area (Å²) in [5, 5.41) is 0. The van der Waals surface area contributed by atoms with E-state index >= 15 is 0 Å². The van der Waals surface area contributed by atoms with E-state index in [1.54, 1.807) is 0 Å². The van der Waals surface area contributed by atoms with Crippen molar-refractivity contribution in [1.82, 2.24) is 0 Å². The van der Waals surface area contributed by atoms with Crippen LogP contribution < -0.4 is 0 Å². The lowest BCUT2D eigenvalue weighted by atomic mass is 10.2. The maximum atomic E-state index is 13.1. The second-order valence-corrected chi connectivity index (χ2v) is 8.13. The smallest absolute Gasteiger partial charge is 0.335 e. The molecule has 0 amide bonds. The molecule has 160 valence electrons. The minimum atomic E-state index is -3.34. The first-order valence-corrected chi connectivity index (χ1v) is 11.2. The summed E-state index contributed by atoms with van der Waals surface area (Å²) in [4.78, 5) is 22.0. The number of hydrogen-bond acceptors (Lipinski definition) is 7. The highest BCUT2D eigenvalue weighted by Crippen LogP contribution is 2.51. The Morgan fingerprint density at radius 3 is 1.69 bits per heavy atom. The van der Waals surface area contributed by atoms with Crippen molar-refractivity contribution in [2.75, 3.05) is 26.4 Å². The van der Waals surface area contributed by atoms with Crippen molar-refractivity contribution in [3.8, 4) is 0 Å². The van der Waals surface area contributed by atoms with Gasteiger partial charge in [-0.15, -0.1) is 0 Å². The van der Waals surface area contributed by atoms with E-state index in [-0.39, 0.29) is 32.6 Å². The van der Waals surface area contributed by atoms with Gasteiger partial charge in [0.05, 0.1) is 32.6 Å². The summed E-state index contributed by atoms with van der Waals surface area (Å²) in [6, 6.07) is 9.33. The van der Waals surface area contributed by atoms with Gasteiger partial charge in [-0.05, 0) is 31.2 Å². The summed E-state index contributed by atoms with van der Waals surface area (Å²) in [6.45, 7) is 7.61. The molecule has 1 aromatic rings.